The number of rotatable bonds is 4. The van der Waals surface area contributed by atoms with E-state index in [1.54, 1.807) is 18.0 Å². The molecule has 0 aromatic carbocycles. The summed E-state index contributed by atoms with van der Waals surface area (Å²) in [6.07, 6.45) is 1.78. The van der Waals surface area contributed by atoms with Crippen LogP contribution in [0.25, 0.3) is 0 Å². The van der Waals surface area contributed by atoms with Crippen LogP contribution in [0.15, 0.2) is 28.7 Å². The number of aryl methyl sites for hydroxylation is 1. The lowest BCUT2D eigenvalue weighted by atomic mass is 10.3. The van der Waals surface area contributed by atoms with Crippen LogP contribution in [-0.2, 0) is 0 Å². The van der Waals surface area contributed by atoms with Crippen LogP contribution in [0.2, 0.25) is 0 Å². The summed E-state index contributed by atoms with van der Waals surface area (Å²) in [5.41, 5.74) is 6.74. The average molecular weight is 252 g/mol. The Hall–Kier alpha value is -0.980. The van der Waals surface area contributed by atoms with Crippen molar-refractivity contribution >= 4 is 23.3 Å². The van der Waals surface area contributed by atoms with Gasteiger partial charge in [0.15, 0.2) is 4.34 Å². The van der Waals surface area contributed by atoms with Gasteiger partial charge in [0.2, 0.25) is 0 Å². The lowest BCUT2D eigenvalue weighted by Crippen LogP contribution is -2.10. The van der Waals surface area contributed by atoms with Crippen LogP contribution in [0.4, 0.5) is 0 Å². The van der Waals surface area contributed by atoms with Crippen LogP contribution in [0.1, 0.15) is 16.8 Å². The molecule has 0 saturated carbocycles. The van der Waals surface area contributed by atoms with E-state index >= 15 is 0 Å². The van der Waals surface area contributed by atoms with Crippen molar-refractivity contribution in [2.24, 2.45) is 5.73 Å². The molecule has 0 spiro atoms. The molecule has 1 atom stereocenters. The summed E-state index contributed by atoms with van der Waals surface area (Å²) in [6, 6.07) is 5.85. The van der Waals surface area contributed by atoms with Gasteiger partial charge >= 0.3 is 0 Å². The number of aromatic nitrogens is 3. The maximum absolute atomic E-state index is 5.76. The summed E-state index contributed by atoms with van der Waals surface area (Å²) in [5, 5.41) is 0.147. The Morgan fingerprint density at radius 2 is 2.38 bits per heavy atom. The van der Waals surface area contributed by atoms with Crippen molar-refractivity contribution in [3.8, 4) is 0 Å². The van der Waals surface area contributed by atoms with E-state index in [4.69, 9.17) is 5.73 Å². The zero-order chi connectivity index (χ0) is 11.4. The molecule has 1 unspecified atom stereocenters. The number of thioether (sulfide) groups is 1. The third-order valence-electron chi connectivity index (χ3n) is 1.98. The van der Waals surface area contributed by atoms with E-state index in [2.05, 4.69) is 14.3 Å². The molecule has 0 aliphatic rings. The van der Waals surface area contributed by atoms with Gasteiger partial charge in [0, 0.05) is 12.7 Å². The molecule has 0 bridgehead atoms. The number of pyridine rings is 1. The molecule has 84 valence electrons. The van der Waals surface area contributed by atoms with E-state index in [9.17, 15) is 0 Å². The summed E-state index contributed by atoms with van der Waals surface area (Å²) in [5.74, 6) is 0.810. The van der Waals surface area contributed by atoms with Crippen LogP contribution in [0.5, 0.6) is 0 Å². The maximum atomic E-state index is 5.76. The zero-order valence-electron chi connectivity index (χ0n) is 8.83. The number of nitrogens with zero attached hydrogens (tertiary/aromatic N) is 3. The molecular weight excluding hydrogens is 240 g/mol. The quantitative estimate of drug-likeness (QED) is 0.843. The smallest absolute Gasteiger partial charge is 0.170 e. The van der Waals surface area contributed by atoms with Gasteiger partial charge in [-0.05, 0) is 30.6 Å². The number of nitrogens with two attached hydrogens (primary N) is 1. The van der Waals surface area contributed by atoms with Crippen LogP contribution in [0, 0.1) is 6.92 Å². The van der Waals surface area contributed by atoms with E-state index in [1.165, 1.54) is 11.5 Å². The Morgan fingerprint density at radius 3 is 2.94 bits per heavy atom. The van der Waals surface area contributed by atoms with Crippen LogP contribution in [-0.4, -0.2) is 20.9 Å². The van der Waals surface area contributed by atoms with Crippen molar-refractivity contribution in [1.82, 2.24) is 14.3 Å². The fourth-order valence-electron chi connectivity index (χ4n) is 1.24. The first-order valence-electron chi connectivity index (χ1n) is 4.87. The van der Waals surface area contributed by atoms with E-state index in [-0.39, 0.29) is 5.25 Å². The molecule has 0 fully saturated rings. The summed E-state index contributed by atoms with van der Waals surface area (Å²) in [6.45, 7) is 2.43. The van der Waals surface area contributed by atoms with E-state index in [0.717, 1.165) is 15.9 Å². The third kappa shape index (κ3) is 2.78. The summed E-state index contributed by atoms with van der Waals surface area (Å²) in [7, 11) is 0. The van der Waals surface area contributed by atoms with Gasteiger partial charge in [0.05, 0.1) is 10.9 Å². The van der Waals surface area contributed by atoms with Gasteiger partial charge in [-0.1, -0.05) is 17.8 Å². The first kappa shape index (κ1) is 11.5. The molecule has 16 heavy (non-hydrogen) atoms. The second-order valence-corrected chi connectivity index (χ2v) is 5.41. The predicted molar refractivity (Wildman–Crippen MR) is 66.5 cm³/mol. The first-order valence-corrected chi connectivity index (χ1v) is 6.53. The van der Waals surface area contributed by atoms with Crippen molar-refractivity contribution in [1.29, 1.82) is 0 Å². The lowest BCUT2D eigenvalue weighted by molar-refractivity contribution is 0.896. The summed E-state index contributed by atoms with van der Waals surface area (Å²) >= 11 is 3.03. The molecule has 6 heteroatoms. The van der Waals surface area contributed by atoms with Crippen LogP contribution < -0.4 is 5.73 Å². The molecule has 0 amide bonds. The molecule has 2 aromatic heterocycles. The molecule has 2 N–H and O–H groups in total. The highest BCUT2D eigenvalue weighted by atomic mass is 32.2. The Morgan fingerprint density at radius 1 is 1.50 bits per heavy atom. The largest absolute Gasteiger partial charge is 0.329 e. The second-order valence-electron chi connectivity index (χ2n) is 3.20. The number of hydrogen-bond acceptors (Lipinski definition) is 6. The topological polar surface area (TPSA) is 64.7 Å². The minimum atomic E-state index is 0.147. The normalized spacial score (nSPS) is 12.6. The van der Waals surface area contributed by atoms with E-state index in [1.807, 2.05) is 25.1 Å². The Bertz CT molecular complexity index is 443. The summed E-state index contributed by atoms with van der Waals surface area (Å²) < 4.78 is 5.09. The van der Waals surface area contributed by atoms with Crippen molar-refractivity contribution in [3.05, 3.63) is 35.9 Å². The Balaban J connectivity index is 2.12. The van der Waals surface area contributed by atoms with Gasteiger partial charge < -0.3 is 5.73 Å². The zero-order valence-corrected chi connectivity index (χ0v) is 10.5. The van der Waals surface area contributed by atoms with Gasteiger partial charge in [-0.15, -0.1) is 0 Å². The van der Waals surface area contributed by atoms with Crippen LogP contribution >= 0.6 is 23.3 Å². The SMILES string of the molecule is Cc1nsc(SC(CN)c2ccccn2)n1. The van der Waals surface area contributed by atoms with Crippen LogP contribution in [0.3, 0.4) is 0 Å². The lowest BCUT2D eigenvalue weighted by Gasteiger charge is -2.10. The van der Waals surface area contributed by atoms with Gasteiger partial charge in [0.1, 0.15) is 5.82 Å². The fraction of sp³-hybridized carbons (Fsp3) is 0.300. The van der Waals surface area contributed by atoms with Crippen molar-refractivity contribution < 1.29 is 0 Å². The van der Waals surface area contributed by atoms with Crippen molar-refractivity contribution in [2.45, 2.75) is 16.5 Å². The Labute approximate surface area is 102 Å². The highest BCUT2D eigenvalue weighted by molar-refractivity contribution is 8.01. The highest BCUT2D eigenvalue weighted by Gasteiger charge is 2.14. The van der Waals surface area contributed by atoms with Crippen molar-refractivity contribution in [2.75, 3.05) is 6.54 Å². The minimum absolute atomic E-state index is 0.147. The monoisotopic (exact) mass is 252 g/mol. The first-order chi connectivity index (χ1) is 7.79. The standard InChI is InChI=1S/C10H12N4S2/c1-7-13-10(16-14-7)15-9(6-11)8-4-2-3-5-12-8/h2-5,9H,6,11H2,1H3. The molecular formula is C10H12N4S2. The molecule has 2 heterocycles. The van der Waals surface area contributed by atoms with Gasteiger partial charge in [0.25, 0.3) is 0 Å². The second kappa shape index (κ2) is 5.38. The Kier molecular flexibility index (Phi) is 3.87. The van der Waals surface area contributed by atoms with Gasteiger partial charge in [-0.25, -0.2) is 4.98 Å². The highest BCUT2D eigenvalue weighted by Crippen LogP contribution is 2.34. The van der Waals surface area contributed by atoms with E-state index in [0.29, 0.717) is 6.54 Å². The summed E-state index contributed by atoms with van der Waals surface area (Å²) in [4.78, 5) is 8.62. The molecule has 2 aromatic rings. The molecule has 4 nitrogen and oxygen atoms in total. The minimum Gasteiger partial charge on any atom is -0.329 e. The predicted octanol–water partition coefficient (Wildman–Crippen LogP) is 2.03. The van der Waals surface area contributed by atoms with E-state index < -0.39 is 0 Å². The number of hydrogen-bond donors (Lipinski definition) is 1. The maximum Gasteiger partial charge on any atom is 0.170 e. The molecule has 0 aliphatic carbocycles. The van der Waals surface area contributed by atoms with Gasteiger partial charge in [-0.3, -0.25) is 4.98 Å². The molecule has 2 rings (SSSR count). The average Bonchev–Trinajstić information content (AvgIpc) is 2.73. The third-order valence-corrected chi connectivity index (χ3v) is 4.11. The van der Waals surface area contributed by atoms with Crippen molar-refractivity contribution in [3.63, 3.8) is 0 Å². The molecule has 0 aliphatic heterocycles. The molecule has 0 radical (unpaired) electrons. The fourth-order valence-corrected chi connectivity index (χ4v) is 3.08. The van der Waals surface area contributed by atoms with Gasteiger partial charge in [-0.2, -0.15) is 4.37 Å². The molecule has 0 saturated heterocycles.